The molecule has 2 aliphatic heterocycles. The zero-order valence-electron chi connectivity index (χ0n) is 15.8. The Labute approximate surface area is 179 Å². The van der Waals surface area contributed by atoms with Gasteiger partial charge in [0, 0.05) is 51.0 Å². The molecule has 0 unspecified atom stereocenters. The van der Waals surface area contributed by atoms with Crippen molar-refractivity contribution >= 4 is 52.2 Å². The monoisotopic (exact) mass is 439 g/mol. The van der Waals surface area contributed by atoms with E-state index < -0.39 is 0 Å². The van der Waals surface area contributed by atoms with Gasteiger partial charge in [0.1, 0.15) is 10.2 Å². The van der Waals surface area contributed by atoms with Crippen LogP contribution in [-0.4, -0.2) is 60.0 Å². The van der Waals surface area contributed by atoms with Gasteiger partial charge in [0.2, 0.25) is 5.95 Å². The highest BCUT2D eigenvalue weighted by Gasteiger charge is 2.26. The number of carbonyl (C=O) groups excluding carboxylic acids is 1. The Bertz CT molecular complexity index is 860. The molecule has 0 N–H and O–H groups in total. The van der Waals surface area contributed by atoms with Crippen LogP contribution >= 0.6 is 34.5 Å². The van der Waals surface area contributed by atoms with Crippen LogP contribution in [0.15, 0.2) is 12.1 Å². The number of piperazine rings is 1. The van der Waals surface area contributed by atoms with E-state index in [1.807, 2.05) is 11.8 Å². The van der Waals surface area contributed by atoms with Crippen molar-refractivity contribution in [2.24, 2.45) is 0 Å². The molecule has 6 nitrogen and oxygen atoms in total. The number of rotatable bonds is 3. The number of aryl methyl sites for hydroxylation is 1. The fourth-order valence-corrected chi connectivity index (χ4v) is 5.18. The molecule has 28 heavy (non-hydrogen) atoms. The first kappa shape index (κ1) is 19.7. The number of hydrogen-bond donors (Lipinski definition) is 0. The van der Waals surface area contributed by atoms with Gasteiger partial charge in [0.25, 0.3) is 5.91 Å². The van der Waals surface area contributed by atoms with Crippen LogP contribution in [0.3, 0.4) is 0 Å². The summed E-state index contributed by atoms with van der Waals surface area (Å²) in [5.74, 6) is 1.71. The number of carbonyl (C=O) groups is 1. The first-order valence-electron chi connectivity index (χ1n) is 9.61. The lowest BCUT2D eigenvalue weighted by molar-refractivity contribution is 0.0747. The predicted octanol–water partition coefficient (Wildman–Crippen LogP) is 4.11. The Morgan fingerprint density at radius 2 is 1.68 bits per heavy atom. The minimum atomic E-state index is -0.0630. The van der Waals surface area contributed by atoms with E-state index in [0.717, 1.165) is 30.5 Å². The molecule has 0 atom stereocenters. The molecule has 1 amide bonds. The number of aromatic nitrogens is 2. The van der Waals surface area contributed by atoms with Crippen LogP contribution in [0.1, 0.15) is 35.3 Å². The van der Waals surface area contributed by atoms with Crippen LogP contribution in [0.2, 0.25) is 8.67 Å². The van der Waals surface area contributed by atoms with Crippen molar-refractivity contribution in [3.63, 3.8) is 0 Å². The topological polar surface area (TPSA) is 52.6 Å². The van der Waals surface area contributed by atoms with Crippen LogP contribution in [0.25, 0.3) is 0 Å². The summed E-state index contributed by atoms with van der Waals surface area (Å²) in [5.41, 5.74) is 1.47. The highest BCUT2D eigenvalue weighted by molar-refractivity contribution is 7.20. The van der Waals surface area contributed by atoms with Crippen LogP contribution < -0.4 is 9.80 Å². The summed E-state index contributed by atoms with van der Waals surface area (Å²) in [6.45, 7) is 6.75. The smallest absolute Gasteiger partial charge is 0.256 e. The van der Waals surface area contributed by atoms with Crippen LogP contribution in [0.5, 0.6) is 0 Å². The van der Waals surface area contributed by atoms with Gasteiger partial charge in [-0.3, -0.25) is 4.79 Å². The highest BCUT2D eigenvalue weighted by atomic mass is 35.5. The molecule has 0 radical (unpaired) electrons. The van der Waals surface area contributed by atoms with Crippen molar-refractivity contribution in [1.29, 1.82) is 0 Å². The fraction of sp³-hybridized carbons (Fsp3) is 0.526. The highest BCUT2D eigenvalue weighted by Crippen LogP contribution is 2.32. The van der Waals surface area contributed by atoms with E-state index in [9.17, 15) is 4.79 Å². The number of halogens is 2. The van der Waals surface area contributed by atoms with Gasteiger partial charge in [-0.2, -0.15) is 4.98 Å². The Hall–Kier alpha value is -1.57. The summed E-state index contributed by atoms with van der Waals surface area (Å²) in [4.78, 5) is 28.5. The lowest BCUT2D eigenvalue weighted by Gasteiger charge is -2.35. The van der Waals surface area contributed by atoms with Crippen molar-refractivity contribution in [3.8, 4) is 0 Å². The van der Waals surface area contributed by atoms with E-state index in [-0.39, 0.29) is 5.91 Å². The average Bonchev–Trinajstić information content (AvgIpc) is 3.06. The molecule has 150 valence electrons. The molecule has 4 rings (SSSR count). The molecule has 2 fully saturated rings. The Morgan fingerprint density at radius 1 is 0.964 bits per heavy atom. The van der Waals surface area contributed by atoms with Gasteiger partial charge < -0.3 is 14.7 Å². The fourth-order valence-electron chi connectivity index (χ4n) is 3.73. The van der Waals surface area contributed by atoms with Crippen molar-refractivity contribution < 1.29 is 4.79 Å². The SMILES string of the molecule is Cc1cc(N2CCCCC2)nc(N2CCN(C(=O)c3cc(Cl)sc3Cl)CC2)n1. The van der Waals surface area contributed by atoms with Gasteiger partial charge in [-0.15, -0.1) is 11.3 Å². The second kappa shape index (κ2) is 8.43. The first-order valence-corrected chi connectivity index (χ1v) is 11.2. The maximum Gasteiger partial charge on any atom is 0.256 e. The van der Waals surface area contributed by atoms with Crippen LogP contribution in [-0.2, 0) is 0 Å². The molecule has 2 saturated heterocycles. The van der Waals surface area contributed by atoms with Gasteiger partial charge in [0.05, 0.1) is 9.90 Å². The molecule has 0 aliphatic carbocycles. The predicted molar refractivity (Wildman–Crippen MR) is 115 cm³/mol. The zero-order valence-corrected chi connectivity index (χ0v) is 18.2. The lowest BCUT2D eigenvalue weighted by Crippen LogP contribution is -2.49. The van der Waals surface area contributed by atoms with Crippen molar-refractivity contribution in [2.45, 2.75) is 26.2 Å². The van der Waals surface area contributed by atoms with Gasteiger partial charge in [0.15, 0.2) is 0 Å². The maximum absolute atomic E-state index is 12.7. The summed E-state index contributed by atoms with van der Waals surface area (Å²) in [6.07, 6.45) is 3.73. The minimum Gasteiger partial charge on any atom is -0.356 e. The standard InChI is InChI=1S/C19H23Cl2N5OS/c1-13-11-16(24-5-3-2-4-6-24)23-19(22-13)26-9-7-25(8-10-26)18(27)14-12-15(20)28-17(14)21/h11-12H,2-10H2,1H3. The molecule has 0 spiro atoms. The quantitative estimate of drug-likeness (QED) is 0.719. The van der Waals surface area contributed by atoms with Crippen molar-refractivity contribution in [2.75, 3.05) is 49.1 Å². The second-order valence-electron chi connectivity index (χ2n) is 7.23. The molecule has 2 aromatic rings. The molecule has 9 heteroatoms. The van der Waals surface area contributed by atoms with Crippen LogP contribution in [0.4, 0.5) is 11.8 Å². The van der Waals surface area contributed by atoms with Gasteiger partial charge in [-0.25, -0.2) is 4.98 Å². The normalized spacial score (nSPS) is 17.9. The molecular weight excluding hydrogens is 417 g/mol. The Balaban J connectivity index is 1.44. The summed E-state index contributed by atoms with van der Waals surface area (Å²) in [7, 11) is 0. The molecule has 0 saturated carbocycles. The summed E-state index contributed by atoms with van der Waals surface area (Å²) in [5, 5.41) is 0. The third-order valence-corrected chi connectivity index (χ3v) is 6.73. The molecular formula is C19H23Cl2N5OS. The molecule has 0 bridgehead atoms. The Kier molecular flexibility index (Phi) is 5.94. The maximum atomic E-state index is 12.7. The number of nitrogens with zero attached hydrogens (tertiary/aromatic N) is 5. The van der Waals surface area contributed by atoms with Crippen molar-refractivity contribution in [3.05, 3.63) is 32.1 Å². The number of anilines is 2. The Morgan fingerprint density at radius 3 is 2.32 bits per heavy atom. The number of piperidine rings is 1. The minimum absolute atomic E-state index is 0.0630. The van der Waals surface area contributed by atoms with E-state index in [4.69, 9.17) is 28.2 Å². The number of amides is 1. The molecule has 0 aromatic carbocycles. The van der Waals surface area contributed by atoms with E-state index in [2.05, 4.69) is 20.9 Å². The number of thiophene rings is 1. The van der Waals surface area contributed by atoms with E-state index in [1.165, 1.54) is 30.6 Å². The third kappa shape index (κ3) is 4.21. The van der Waals surface area contributed by atoms with E-state index in [0.29, 0.717) is 40.4 Å². The second-order valence-corrected chi connectivity index (χ2v) is 9.52. The van der Waals surface area contributed by atoms with Gasteiger partial charge in [-0.05, 0) is 32.3 Å². The van der Waals surface area contributed by atoms with Gasteiger partial charge in [-0.1, -0.05) is 23.2 Å². The van der Waals surface area contributed by atoms with Crippen molar-refractivity contribution in [1.82, 2.24) is 14.9 Å². The lowest BCUT2D eigenvalue weighted by atomic mass is 10.1. The molecule has 2 aliphatic rings. The third-order valence-electron chi connectivity index (χ3n) is 5.25. The largest absolute Gasteiger partial charge is 0.356 e. The summed E-state index contributed by atoms with van der Waals surface area (Å²) in [6, 6.07) is 3.72. The van der Waals surface area contributed by atoms with E-state index in [1.54, 1.807) is 6.07 Å². The average molecular weight is 440 g/mol. The first-order chi connectivity index (χ1) is 13.5. The number of hydrogen-bond acceptors (Lipinski definition) is 6. The zero-order chi connectivity index (χ0) is 19.7. The molecule has 4 heterocycles. The summed E-state index contributed by atoms with van der Waals surface area (Å²) < 4.78 is 0.982. The summed E-state index contributed by atoms with van der Waals surface area (Å²) >= 11 is 13.3. The van der Waals surface area contributed by atoms with Gasteiger partial charge >= 0.3 is 0 Å². The molecule has 2 aromatic heterocycles. The van der Waals surface area contributed by atoms with Crippen LogP contribution in [0, 0.1) is 6.92 Å². The van der Waals surface area contributed by atoms with E-state index >= 15 is 0 Å².